The first-order chi connectivity index (χ1) is 9.33. The predicted octanol–water partition coefficient (Wildman–Crippen LogP) is 2.49. The van der Waals surface area contributed by atoms with Gasteiger partial charge in [-0.1, -0.05) is 35.5 Å². The molecule has 0 spiro atoms. The summed E-state index contributed by atoms with van der Waals surface area (Å²) >= 11 is 0. The fourth-order valence-electron chi connectivity index (χ4n) is 2.60. The largest absolute Gasteiger partial charge is 0.390 e. The molecule has 0 amide bonds. The molecular formula is C16H23NO3. The Morgan fingerprint density at radius 2 is 1.95 bits per heavy atom. The van der Waals surface area contributed by atoms with Gasteiger partial charge >= 0.3 is 0 Å². The van der Waals surface area contributed by atoms with E-state index in [1.165, 1.54) is 0 Å². The van der Waals surface area contributed by atoms with E-state index < -0.39 is 17.3 Å². The van der Waals surface area contributed by atoms with Gasteiger partial charge in [-0.05, 0) is 45.6 Å². The highest BCUT2D eigenvalue weighted by molar-refractivity contribution is 5.89. The quantitative estimate of drug-likeness (QED) is 0.869. The van der Waals surface area contributed by atoms with Crippen molar-refractivity contribution in [3.63, 3.8) is 0 Å². The Hall–Kier alpha value is -1.39. The zero-order valence-electron chi connectivity index (χ0n) is 12.3. The van der Waals surface area contributed by atoms with Crippen molar-refractivity contribution in [2.75, 3.05) is 0 Å². The SMILES string of the molecule is CC1=NOC(O)[C@@]1(CCC(C)(C)O)Cc1ccccc1. The molecule has 1 aliphatic rings. The molecule has 1 aromatic rings. The Kier molecular flexibility index (Phi) is 4.16. The first-order valence-electron chi connectivity index (χ1n) is 6.99. The normalized spacial score (nSPS) is 26.2. The second-order valence-electron chi connectivity index (χ2n) is 6.27. The molecule has 1 heterocycles. The number of rotatable bonds is 5. The smallest absolute Gasteiger partial charge is 0.235 e. The van der Waals surface area contributed by atoms with E-state index in [1.54, 1.807) is 13.8 Å². The van der Waals surface area contributed by atoms with Gasteiger partial charge in [0.05, 0.1) is 16.7 Å². The molecule has 0 bridgehead atoms. The Balaban J connectivity index is 2.23. The zero-order chi connectivity index (χ0) is 14.8. The maximum atomic E-state index is 10.2. The van der Waals surface area contributed by atoms with Crippen LogP contribution in [0.1, 0.15) is 39.2 Å². The van der Waals surface area contributed by atoms with Crippen molar-refractivity contribution >= 4 is 5.71 Å². The second-order valence-corrected chi connectivity index (χ2v) is 6.27. The summed E-state index contributed by atoms with van der Waals surface area (Å²) in [7, 11) is 0. The average molecular weight is 277 g/mol. The van der Waals surface area contributed by atoms with Gasteiger partial charge in [0.15, 0.2) is 0 Å². The summed E-state index contributed by atoms with van der Waals surface area (Å²) in [6.07, 6.45) is 0.903. The average Bonchev–Trinajstić information content (AvgIpc) is 2.66. The number of benzene rings is 1. The van der Waals surface area contributed by atoms with Crippen molar-refractivity contribution < 1.29 is 15.1 Å². The van der Waals surface area contributed by atoms with Gasteiger partial charge in [-0.3, -0.25) is 0 Å². The Labute approximate surface area is 120 Å². The molecule has 0 aliphatic carbocycles. The molecule has 2 rings (SSSR count). The van der Waals surface area contributed by atoms with E-state index in [4.69, 9.17) is 4.84 Å². The number of hydrogen-bond donors (Lipinski definition) is 2. The van der Waals surface area contributed by atoms with E-state index in [0.29, 0.717) is 19.3 Å². The van der Waals surface area contributed by atoms with Crippen LogP contribution in [0.5, 0.6) is 0 Å². The minimum atomic E-state index is -0.954. The van der Waals surface area contributed by atoms with Gasteiger partial charge in [0.1, 0.15) is 0 Å². The van der Waals surface area contributed by atoms with Gasteiger partial charge in [-0.25, -0.2) is 0 Å². The van der Waals surface area contributed by atoms with E-state index in [-0.39, 0.29) is 0 Å². The van der Waals surface area contributed by atoms with Gasteiger partial charge in [-0.15, -0.1) is 0 Å². The van der Waals surface area contributed by atoms with Crippen LogP contribution in [0.15, 0.2) is 35.5 Å². The van der Waals surface area contributed by atoms with Gasteiger partial charge < -0.3 is 15.1 Å². The molecule has 20 heavy (non-hydrogen) atoms. The molecule has 1 unspecified atom stereocenters. The van der Waals surface area contributed by atoms with Crippen LogP contribution in [0.3, 0.4) is 0 Å². The standard InChI is InChI=1S/C16H23NO3/c1-12-16(14(18)20-17-12,10-9-15(2,3)19)11-13-7-5-4-6-8-13/h4-8,14,18-19H,9-11H2,1-3H3/t14?,16-/m0/s1. The minimum absolute atomic E-state index is 0.554. The molecule has 2 atom stereocenters. The molecule has 0 saturated heterocycles. The summed E-state index contributed by atoms with van der Waals surface area (Å²) in [5, 5.41) is 24.2. The molecule has 1 aromatic carbocycles. The summed E-state index contributed by atoms with van der Waals surface area (Å²) in [6.45, 7) is 5.43. The summed E-state index contributed by atoms with van der Waals surface area (Å²) < 4.78 is 0. The fraction of sp³-hybridized carbons (Fsp3) is 0.562. The van der Waals surface area contributed by atoms with Crippen molar-refractivity contribution in [3.05, 3.63) is 35.9 Å². The summed E-state index contributed by atoms with van der Waals surface area (Å²) in [5.74, 6) is 0. The van der Waals surface area contributed by atoms with E-state index in [1.807, 2.05) is 37.3 Å². The van der Waals surface area contributed by atoms with Crippen LogP contribution in [0.2, 0.25) is 0 Å². The third kappa shape index (κ3) is 3.19. The maximum absolute atomic E-state index is 10.2. The number of oxime groups is 1. The molecule has 0 radical (unpaired) electrons. The van der Waals surface area contributed by atoms with Crippen molar-refractivity contribution in [1.82, 2.24) is 0 Å². The fourth-order valence-corrected chi connectivity index (χ4v) is 2.60. The highest BCUT2D eigenvalue weighted by Crippen LogP contribution is 2.40. The molecule has 0 fully saturated rings. The van der Waals surface area contributed by atoms with E-state index in [0.717, 1.165) is 11.3 Å². The highest BCUT2D eigenvalue weighted by Gasteiger charge is 2.47. The van der Waals surface area contributed by atoms with Gasteiger partial charge in [0, 0.05) is 0 Å². The lowest BCUT2D eigenvalue weighted by Crippen LogP contribution is -2.41. The third-order valence-corrected chi connectivity index (χ3v) is 4.03. The van der Waals surface area contributed by atoms with Crippen LogP contribution in [0, 0.1) is 5.41 Å². The molecule has 4 nitrogen and oxygen atoms in total. The molecule has 0 aromatic heterocycles. The van der Waals surface area contributed by atoms with E-state index in [9.17, 15) is 10.2 Å². The number of aliphatic hydroxyl groups is 2. The lowest BCUT2D eigenvalue weighted by Gasteiger charge is -2.33. The van der Waals surface area contributed by atoms with Crippen LogP contribution < -0.4 is 0 Å². The Morgan fingerprint density at radius 1 is 1.30 bits per heavy atom. The summed E-state index contributed by atoms with van der Waals surface area (Å²) in [4.78, 5) is 5.08. The molecule has 0 saturated carbocycles. The number of nitrogens with zero attached hydrogens (tertiary/aromatic N) is 1. The van der Waals surface area contributed by atoms with Gasteiger partial charge in [-0.2, -0.15) is 0 Å². The van der Waals surface area contributed by atoms with Crippen LogP contribution >= 0.6 is 0 Å². The number of hydrogen-bond acceptors (Lipinski definition) is 4. The highest BCUT2D eigenvalue weighted by atomic mass is 16.7. The second kappa shape index (κ2) is 5.54. The van der Waals surface area contributed by atoms with Crippen molar-refractivity contribution in [2.45, 2.75) is 51.9 Å². The van der Waals surface area contributed by atoms with Crippen molar-refractivity contribution in [1.29, 1.82) is 0 Å². The Morgan fingerprint density at radius 3 is 2.45 bits per heavy atom. The van der Waals surface area contributed by atoms with E-state index >= 15 is 0 Å². The zero-order valence-corrected chi connectivity index (χ0v) is 12.3. The maximum Gasteiger partial charge on any atom is 0.235 e. The molecule has 110 valence electrons. The topological polar surface area (TPSA) is 62.0 Å². The summed E-state index contributed by atoms with van der Waals surface area (Å²) in [5.41, 5.74) is 0.591. The first-order valence-corrected chi connectivity index (χ1v) is 6.99. The lowest BCUT2D eigenvalue weighted by molar-refractivity contribution is -0.136. The lowest BCUT2D eigenvalue weighted by atomic mass is 9.72. The first kappa shape index (κ1) is 15.0. The van der Waals surface area contributed by atoms with Crippen LogP contribution in [-0.2, 0) is 11.3 Å². The monoisotopic (exact) mass is 277 g/mol. The minimum Gasteiger partial charge on any atom is -0.390 e. The predicted molar refractivity (Wildman–Crippen MR) is 78.3 cm³/mol. The van der Waals surface area contributed by atoms with Crippen LogP contribution in [-0.4, -0.2) is 27.8 Å². The van der Waals surface area contributed by atoms with Crippen LogP contribution in [0.25, 0.3) is 0 Å². The molecule has 1 aliphatic heterocycles. The van der Waals surface area contributed by atoms with Crippen molar-refractivity contribution in [2.24, 2.45) is 10.6 Å². The molecule has 2 N–H and O–H groups in total. The summed E-state index contributed by atoms with van der Waals surface area (Å²) in [6, 6.07) is 9.99. The Bertz CT molecular complexity index is 478. The third-order valence-electron chi connectivity index (χ3n) is 4.03. The van der Waals surface area contributed by atoms with Gasteiger partial charge in [0.2, 0.25) is 6.29 Å². The van der Waals surface area contributed by atoms with Crippen molar-refractivity contribution in [3.8, 4) is 0 Å². The van der Waals surface area contributed by atoms with E-state index in [2.05, 4.69) is 5.16 Å². The molecular weight excluding hydrogens is 254 g/mol. The van der Waals surface area contributed by atoms with Gasteiger partial charge in [0.25, 0.3) is 0 Å². The van der Waals surface area contributed by atoms with Crippen LogP contribution in [0.4, 0.5) is 0 Å². The number of aliphatic hydroxyl groups excluding tert-OH is 1. The molecule has 4 heteroatoms.